The minimum atomic E-state index is -0.388. The fourth-order valence-corrected chi connectivity index (χ4v) is 1.78. The molecule has 0 aliphatic heterocycles. The number of nitrogens with zero attached hydrogens (tertiary/aromatic N) is 2. The molecule has 1 heterocycles. The lowest BCUT2D eigenvalue weighted by Gasteiger charge is -2.08. The molecule has 1 aromatic carbocycles. The molecule has 0 atom stereocenters. The fraction of sp³-hybridized carbons (Fsp3) is 0.231. The van der Waals surface area contributed by atoms with E-state index in [2.05, 4.69) is 9.97 Å². The Labute approximate surface area is 98.5 Å². The summed E-state index contributed by atoms with van der Waals surface area (Å²) in [4.78, 5) is 8.53. The van der Waals surface area contributed by atoms with Crippen molar-refractivity contribution >= 4 is 0 Å². The molecule has 0 bridgehead atoms. The first-order chi connectivity index (χ1) is 8.19. The highest BCUT2D eigenvalue weighted by atomic mass is 19.1. The molecule has 3 rings (SSSR count). The van der Waals surface area contributed by atoms with Crippen molar-refractivity contribution in [1.29, 1.82) is 0 Å². The van der Waals surface area contributed by atoms with E-state index in [1.54, 1.807) is 30.5 Å². The van der Waals surface area contributed by atoms with Crippen molar-refractivity contribution in [2.24, 2.45) is 5.73 Å². The Hall–Kier alpha value is -1.81. The lowest BCUT2D eigenvalue weighted by molar-refractivity contribution is 0.629. The fourth-order valence-electron chi connectivity index (χ4n) is 1.78. The van der Waals surface area contributed by atoms with Crippen LogP contribution in [0.15, 0.2) is 36.5 Å². The first-order valence-corrected chi connectivity index (χ1v) is 5.56. The summed E-state index contributed by atoms with van der Waals surface area (Å²) in [6, 6.07) is 8.28. The summed E-state index contributed by atoms with van der Waals surface area (Å²) in [6.07, 6.45) is 3.43. The third kappa shape index (κ3) is 1.80. The molecule has 0 amide bonds. The second-order valence-electron chi connectivity index (χ2n) is 4.40. The van der Waals surface area contributed by atoms with E-state index in [0.29, 0.717) is 17.1 Å². The van der Waals surface area contributed by atoms with Crippen molar-refractivity contribution < 1.29 is 4.39 Å². The van der Waals surface area contributed by atoms with Gasteiger partial charge in [0.2, 0.25) is 0 Å². The van der Waals surface area contributed by atoms with Crippen LogP contribution in [0.4, 0.5) is 4.39 Å². The third-order valence-electron chi connectivity index (χ3n) is 3.04. The number of hydrogen-bond donors (Lipinski definition) is 1. The zero-order chi connectivity index (χ0) is 11.9. The Morgan fingerprint density at radius 3 is 2.65 bits per heavy atom. The Morgan fingerprint density at radius 1 is 1.18 bits per heavy atom. The molecule has 1 aliphatic rings. The van der Waals surface area contributed by atoms with Crippen LogP contribution in [0, 0.1) is 5.82 Å². The average molecular weight is 229 g/mol. The van der Waals surface area contributed by atoms with Gasteiger partial charge in [0.25, 0.3) is 0 Å². The normalized spacial score (nSPS) is 16.8. The highest BCUT2D eigenvalue weighted by Gasteiger charge is 2.43. The van der Waals surface area contributed by atoms with Crippen LogP contribution in [0.5, 0.6) is 0 Å². The summed E-state index contributed by atoms with van der Waals surface area (Å²) >= 11 is 0. The van der Waals surface area contributed by atoms with E-state index in [0.717, 1.165) is 12.8 Å². The van der Waals surface area contributed by atoms with E-state index in [1.165, 1.54) is 6.07 Å². The van der Waals surface area contributed by atoms with Crippen molar-refractivity contribution in [2.75, 3.05) is 0 Å². The van der Waals surface area contributed by atoms with Crippen LogP contribution in [0.2, 0.25) is 0 Å². The smallest absolute Gasteiger partial charge is 0.148 e. The molecule has 1 aliphatic carbocycles. The van der Waals surface area contributed by atoms with Gasteiger partial charge in [-0.2, -0.15) is 0 Å². The summed E-state index contributed by atoms with van der Waals surface area (Å²) in [7, 11) is 0. The van der Waals surface area contributed by atoms with Crippen molar-refractivity contribution in [2.45, 2.75) is 18.4 Å². The van der Waals surface area contributed by atoms with E-state index < -0.39 is 0 Å². The standard InChI is InChI=1S/C13H12FN3/c14-10-4-2-1-3-9(10)11-5-8-16-12(17-11)13(15)6-7-13/h1-5,8H,6-7,15H2. The second kappa shape index (κ2) is 3.60. The van der Waals surface area contributed by atoms with E-state index in [4.69, 9.17) is 5.73 Å². The molecule has 3 nitrogen and oxygen atoms in total. The summed E-state index contributed by atoms with van der Waals surface area (Å²) in [5.74, 6) is 0.331. The Balaban J connectivity index is 2.07. The third-order valence-corrected chi connectivity index (χ3v) is 3.04. The Kier molecular flexibility index (Phi) is 2.19. The molecule has 0 radical (unpaired) electrons. The molecule has 2 N–H and O–H groups in total. The number of halogens is 1. The van der Waals surface area contributed by atoms with Gasteiger partial charge in [-0.1, -0.05) is 12.1 Å². The maximum atomic E-state index is 13.6. The second-order valence-corrected chi connectivity index (χ2v) is 4.40. The summed E-state index contributed by atoms with van der Waals surface area (Å²) in [5, 5.41) is 0. The SMILES string of the molecule is NC1(c2nccc(-c3ccccc3F)n2)CC1. The molecule has 0 saturated heterocycles. The molecule has 1 saturated carbocycles. The zero-order valence-corrected chi connectivity index (χ0v) is 9.23. The first-order valence-electron chi connectivity index (χ1n) is 5.56. The van der Waals surface area contributed by atoms with Crippen LogP contribution in [0.1, 0.15) is 18.7 Å². The monoisotopic (exact) mass is 229 g/mol. The summed E-state index contributed by atoms with van der Waals surface area (Å²) in [6.45, 7) is 0. The van der Waals surface area contributed by atoms with E-state index in [1.807, 2.05) is 0 Å². The highest BCUT2D eigenvalue weighted by molar-refractivity contribution is 5.59. The number of hydrogen-bond acceptors (Lipinski definition) is 3. The van der Waals surface area contributed by atoms with Gasteiger partial charge in [0.1, 0.15) is 11.6 Å². The minimum Gasteiger partial charge on any atom is -0.319 e. The molecule has 17 heavy (non-hydrogen) atoms. The van der Waals surface area contributed by atoms with Gasteiger partial charge in [-0.15, -0.1) is 0 Å². The quantitative estimate of drug-likeness (QED) is 0.859. The predicted octanol–water partition coefficient (Wildman–Crippen LogP) is 2.23. The molecule has 86 valence electrons. The molecule has 1 aromatic heterocycles. The maximum absolute atomic E-state index is 13.6. The lowest BCUT2D eigenvalue weighted by Crippen LogP contribution is -2.22. The molecule has 4 heteroatoms. The average Bonchev–Trinajstić information content (AvgIpc) is 3.10. The maximum Gasteiger partial charge on any atom is 0.148 e. The zero-order valence-electron chi connectivity index (χ0n) is 9.23. The molecule has 0 spiro atoms. The van der Waals surface area contributed by atoms with Crippen LogP contribution < -0.4 is 5.73 Å². The number of benzene rings is 1. The largest absolute Gasteiger partial charge is 0.319 e. The van der Waals surface area contributed by atoms with Crippen molar-refractivity contribution in [1.82, 2.24) is 9.97 Å². The molecular formula is C13H12FN3. The molecular weight excluding hydrogens is 217 g/mol. The van der Waals surface area contributed by atoms with Crippen LogP contribution in [-0.2, 0) is 5.54 Å². The van der Waals surface area contributed by atoms with Crippen LogP contribution >= 0.6 is 0 Å². The molecule has 2 aromatic rings. The topological polar surface area (TPSA) is 51.8 Å². The van der Waals surface area contributed by atoms with Gasteiger partial charge in [0, 0.05) is 11.8 Å². The predicted molar refractivity (Wildman–Crippen MR) is 62.5 cm³/mol. The lowest BCUT2D eigenvalue weighted by atomic mass is 10.1. The van der Waals surface area contributed by atoms with Crippen molar-refractivity contribution in [3.8, 4) is 11.3 Å². The summed E-state index contributed by atoms with van der Waals surface area (Å²) < 4.78 is 13.6. The van der Waals surface area contributed by atoms with E-state index in [-0.39, 0.29) is 11.4 Å². The first kappa shape index (κ1) is 10.4. The van der Waals surface area contributed by atoms with Crippen LogP contribution in [0.25, 0.3) is 11.3 Å². The Morgan fingerprint density at radius 2 is 1.94 bits per heavy atom. The van der Waals surface area contributed by atoms with Crippen molar-refractivity contribution in [3.63, 3.8) is 0 Å². The number of rotatable bonds is 2. The van der Waals surface area contributed by atoms with Crippen molar-refractivity contribution in [3.05, 3.63) is 48.2 Å². The van der Waals surface area contributed by atoms with Gasteiger partial charge in [0.05, 0.1) is 11.2 Å². The van der Waals surface area contributed by atoms with Crippen LogP contribution in [-0.4, -0.2) is 9.97 Å². The van der Waals surface area contributed by atoms with Gasteiger partial charge in [-0.25, -0.2) is 14.4 Å². The minimum absolute atomic E-state index is 0.279. The Bertz CT molecular complexity index is 564. The number of aromatic nitrogens is 2. The molecule has 0 unspecified atom stereocenters. The summed E-state index contributed by atoms with van der Waals surface area (Å²) in [5.41, 5.74) is 6.72. The van der Waals surface area contributed by atoms with Gasteiger partial charge in [-0.05, 0) is 31.0 Å². The van der Waals surface area contributed by atoms with E-state index >= 15 is 0 Å². The van der Waals surface area contributed by atoms with E-state index in [9.17, 15) is 4.39 Å². The van der Waals surface area contributed by atoms with Gasteiger partial charge < -0.3 is 5.73 Å². The number of nitrogens with two attached hydrogens (primary N) is 1. The van der Waals surface area contributed by atoms with Crippen LogP contribution in [0.3, 0.4) is 0 Å². The van der Waals surface area contributed by atoms with Gasteiger partial charge >= 0.3 is 0 Å². The molecule has 1 fully saturated rings. The van der Waals surface area contributed by atoms with Gasteiger partial charge in [-0.3, -0.25) is 0 Å². The highest BCUT2D eigenvalue weighted by Crippen LogP contribution is 2.41. The van der Waals surface area contributed by atoms with Gasteiger partial charge in [0.15, 0.2) is 0 Å².